The van der Waals surface area contributed by atoms with Gasteiger partial charge >= 0.3 is 6.18 Å². The second kappa shape index (κ2) is 11.8. The molecule has 0 spiro atoms. The van der Waals surface area contributed by atoms with Crippen molar-refractivity contribution in [2.75, 3.05) is 45.8 Å². The molecule has 12 heteroatoms. The number of aromatic nitrogens is 2. The molecular weight excluding hydrogens is 463 g/mol. The Balaban J connectivity index is 1.56. The van der Waals surface area contributed by atoms with Crippen molar-refractivity contribution in [3.05, 3.63) is 35.7 Å². The second-order valence-corrected chi connectivity index (χ2v) is 8.22. The van der Waals surface area contributed by atoms with Crippen LogP contribution in [0.5, 0.6) is 0 Å². The lowest BCUT2D eigenvalue weighted by atomic mass is 10.1. The highest BCUT2D eigenvalue weighted by atomic mass is 19.4. The van der Waals surface area contributed by atoms with Crippen LogP contribution in [0, 0.1) is 22.7 Å². The van der Waals surface area contributed by atoms with Crippen molar-refractivity contribution in [3.8, 4) is 23.5 Å². The highest BCUT2D eigenvalue weighted by molar-refractivity contribution is 5.78. The largest absolute Gasteiger partial charge is 0.416 e. The van der Waals surface area contributed by atoms with E-state index >= 15 is 0 Å². The molecule has 1 saturated heterocycles. The molecule has 1 fully saturated rings. The van der Waals surface area contributed by atoms with Gasteiger partial charge < -0.3 is 9.42 Å². The molecule has 0 saturated carbocycles. The molecule has 0 radical (unpaired) electrons. The number of hydrogen-bond acceptors (Lipinski definition) is 8. The van der Waals surface area contributed by atoms with Crippen LogP contribution < -0.4 is 0 Å². The summed E-state index contributed by atoms with van der Waals surface area (Å²) >= 11 is 0. The number of carbonyl (C=O) groups excluding carboxylic acids is 1. The summed E-state index contributed by atoms with van der Waals surface area (Å²) in [6, 6.07) is 8.58. The van der Waals surface area contributed by atoms with Gasteiger partial charge in [0.2, 0.25) is 17.6 Å². The molecule has 0 bridgehead atoms. The summed E-state index contributed by atoms with van der Waals surface area (Å²) in [5.41, 5.74) is -0.554. The fourth-order valence-electron chi connectivity index (χ4n) is 3.84. The maximum absolute atomic E-state index is 13.0. The third-order valence-corrected chi connectivity index (χ3v) is 5.90. The molecule has 2 heterocycles. The van der Waals surface area contributed by atoms with E-state index in [1.807, 2.05) is 24.0 Å². The van der Waals surface area contributed by atoms with Crippen LogP contribution in [0.25, 0.3) is 11.4 Å². The zero-order valence-corrected chi connectivity index (χ0v) is 19.3. The quantitative estimate of drug-likeness (QED) is 0.528. The van der Waals surface area contributed by atoms with E-state index in [1.54, 1.807) is 4.90 Å². The van der Waals surface area contributed by atoms with Crippen LogP contribution in [0.15, 0.2) is 28.8 Å². The van der Waals surface area contributed by atoms with Gasteiger partial charge in [-0.1, -0.05) is 17.3 Å². The molecule has 9 nitrogen and oxygen atoms in total. The average molecular weight is 490 g/mol. The van der Waals surface area contributed by atoms with Crippen molar-refractivity contribution in [2.24, 2.45) is 0 Å². The Hall–Kier alpha value is -3.48. The van der Waals surface area contributed by atoms with E-state index < -0.39 is 11.7 Å². The number of alkyl halides is 3. The van der Waals surface area contributed by atoms with Crippen LogP contribution in [-0.2, 0) is 11.0 Å². The van der Waals surface area contributed by atoms with Gasteiger partial charge in [0.15, 0.2) is 0 Å². The number of rotatable bonds is 9. The summed E-state index contributed by atoms with van der Waals surface area (Å²) in [6.07, 6.45) is -4.02. The number of nitriles is 2. The number of nitrogens with zero attached hydrogens (tertiary/aromatic N) is 7. The van der Waals surface area contributed by atoms with Crippen LogP contribution in [0.1, 0.15) is 37.3 Å². The summed E-state index contributed by atoms with van der Waals surface area (Å²) in [6.45, 7) is 5.20. The smallest absolute Gasteiger partial charge is 0.340 e. The molecule has 1 aliphatic rings. The topological polar surface area (TPSA) is 113 Å². The van der Waals surface area contributed by atoms with E-state index in [-0.39, 0.29) is 42.7 Å². The Labute approximate surface area is 201 Å². The Morgan fingerprint density at radius 2 is 1.83 bits per heavy atom. The van der Waals surface area contributed by atoms with Gasteiger partial charge in [-0.05, 0) is 19.1 Å². The van der Waals surface area contributed by atoms with Crippen LogP contribution in [0.4, 0.5) is 13.2 Å². The summed E-state index contributed by atoms with van der Waals surface area (Å²) in [5.74, 6) is 0.290. The fourth-order valence-corrected chi connectivity index (χ4v) is 3.84. The van der Waals surface area contributed by atoms with Gasteiger partial charge in [0.25, 0.3) is 0 Å². The van der Waals surface area contributed by atoms with E-state index in [9.17, 15) is 18.0 Å². The molecular formula is C23H26F3N7O2. The SMILES string of the molecule is CC(c1nc(-c2cccc(C(F)(F)F)c2)no1)N1CCN(CC(=O)N(CCC#N)CCC#N)CC1. The van der Waals surface area contributed by atoms with Gasteiger partial charge in [0.1, 0.15) is 0 Å². The predicted octanol–water partition coefficient (Wildman–Crippen LogP) is 3.09. The average Bonchev–Trinajstić information content (AvgIpc) is 3.34. The molecule has 186 valence electrons. The minimum Gasteiger partial charge on any atom is -0.340 e. The molecule has 2 aromatic rings. The van der Waals surface area contributed by atoms with E-state index in [1.165, 1.54) is 12.1 Å². The first kappa shape index (κ1) is 26.1. The lowest BCUT2D eigenvalue weighted by molar-refractivity contribution is -0.137. The molecule has 35 heavy (non-hydrogen) atoms. The second-order valence-electron chi connectivity index (χ2n) is 8.22. The van der Waals surface area contributed by atoms with Gasteiger partial charge in [-0.2, -0.15) is 28.7 Å². The number of piperazine rings is 1. The third kappa shape index (κ3) is 7.01. The van der Waals surface area contributed by atoms with Gasteiger partial charge in [-0.15, -0.1) is 0 Å². The Kier molecular flexibility index (Phi) is 8.79. The summed E-state index contributed by atoms with van der Waals surface area (Å²) < 4.78 is 44.3. The van der Waals surface area contributed by atoms with Gasteiger partial charge in [-0.25, -0.2) is 0 Å². The molecule has 0 N–H and O–H groups in total. The highest BCUT2D eigenvalue weighted by Crippen LogP contribution is 2.32. The van der Waals surface area contributed by atoms with Crippen LogP contribution >= 0.6 is 0 Å². The number of carbonyl (C=O) groups is 1. The van der Waals surface area contributed by atoms with E-state index in [0.717, 1.165) is 12.1 Å². The summed E-state index contributed by atoms with van der Waals surface area (Å²) in [4.78, 5) is 22.6. The number of hydrogen-bond donors (Lipinski definition) is 0. The maximum Gasteiger partial charge on any atom is 0.416 e. The summed E-state index contributed by atoms with van der Waals surface area (Å²) in [7, 11) is 0. The van der Waals surface area contributed by atoms with Crippen molar-refractivity contribution < 1.29 is 22.5 Å². The normalized spacial score (nSPS) is 15.8. The molecule has 1 amide bonds. The maximum atomic E-state index is 13.0. The first-order valence-electron chi connectivity index (χ1n) is 11.2. The van der Waals surface area contributed by atoms with E-state index in [0.29, 0.717) is 45.2 Å². The Morgan fingerprint density at radius 1 is 1.17 bits per heavy atom. The monoisotopic (exact) mass is 489 g/mol. The molecule has 1 aromatic heterocycles. The van der Waals surface area contributed by atoms with Crippen molar-refractivity contribution in [1.82, 2.24) is 24.8 Å². The van der Waals surface area contributed by atoms with Crippen molar-refractivity contribution in [2.45, 2.75) is 32.0 Å². The van der Waals surface area contributed by atoms with Crippen LogP contribution in [0.2, 0.25) is 0 Å². The molecule has 1 atom stereocenters. The van der Waals surface area contributed by atoms with E-state index in [2.05, 4.69) is 15.0 Å². The zero-order valence-electron chi connectivity index (χ0n) is 19.3. The number of halogens is 3. The highest BCUT2D eigenvalue weighted by Gasteiger charge is 2.31. The molecule has 1 aliphatic heterocycles. The lowest BCUT2D eigenvalue weighted by Gasteiger charge is -2.37. The van der Waals surface area contributed by atoms with Gasteiger partial charge in [0, 0.05) is 44.8 Å². The fraction of sp³-hybridized carbons (Fsp3) is 0.522. The molecule has 0 aliphatic carbocycles. The van der Waals surface area contributed by atoms with Crippen molar-refractivity contribution >= 4 is 5.91 Å². The number of amides is 1. The molecule has 3 rings (SSSR count). The lowest BCUT2D eigenvalue weighted by Crippen LogP contribution is -2.50. The Bertz CT molecular complexity index is 1060. The zero-order chi connectivity index (χ0) is 25.4. The van der Waals surface area contributed by atoms with Crippen molar-refractivity contribution in [1.29, 1.82) is 10.5 Å². The summed E-state index contributed by atoms with van der Waals surface area (Å²) in [5, 5.41) is 21.5. The van der Waals surface area contributed by atoms with Gasteiger partial charge in [0.05, 0.1) is 43.1 Å². The van der Waals surface area contributed by atoms with E-state index in [4.69, 9.17) is 15.0 Å². The third-order valence-electron chi connectivity index (χ3n) is 5.90. The molecule has 1 unspecified atom stereocenters. The Morgan fingerprint density at radius 3 is 2.43 bits per heavy atom. The van der Waals surface area contributed by atoms with Gasteiger partial charge in [-0.3, -0.25) is 14.6 Å². The van der Waals surface area contributed by atoms with Crippen molar-refractivity contribution in [3.63, 3.8) is 0 Å². The van der Waals surface area contributed by atoms with Crippen LogP contribution in [-0.4, -0.2) is 76.6 Å². The molecule has 1 aromatic carbocycles. The predicted molar refractivity (Wildman–Crippen MR) is 118 cm³/mol. The standard InChI is InChI=1S/C23H26F3N7O2/c1-17(22-29-21(30-35-22)18-5-2-6-19(15-18)23(24,25)26)32-13-11-31(12-14-32)16-20(34)33(9-3-7-27)10-4-8-28/h2,5-6,15,17H,3-4,9-14,16H2,1H3. The number of benzene rings is 1. The minimum absolute atomic E-state index is 0.0945. The first-order chi connectivity index (χ1) is 16.7. The van der Waals surface area contributed by atoms with Crippen LogP contribution in [0.3, 0.4) is 0 Å². The minimum atomic E-state index is -4.46. The first-order valence-corrected chi connectivity index (χ1v) is 11.2.